The highest BCUT2D eigenvalue weighted by atomic mass is 16.5. The SMILES string of the molecule is CC(C)CNC(=O)COc1ccccc1[C@@H](C)O. The molecule has 0 unspecified atom stereocenters. The molecule has 1 atom stereocenters. The molecule has 0 heterocycles. The average molecular weight is 251 g/mol. The summed E-state index contributed by atoms with van der Waals surface area (Å²) in [7, 11) is 0. The maximum absolute atomic E-state index is 11.5. The third-order valence-corrected chi connectivity index (χ3v) is 2.44. The van der Waals surface area contributed by atoms with Gasteiger partial charge in [-0.25, -0.2) is 0 Å². The van der Waals surface area contributed by atoms with Crippen molar-refractivity contribution < 1.29 is 14.6 Å². The first-order chi connectivity index (χ1) is 8.50. The number of para-hydroxylation sites is 1. The summed E-state index contributed by atoms with van der Waals surface area (Å²) in [5.41, 5.74) is 0.689. The van der Waals surface area contributed by atoms with E-state index in [1.54, 1.807) is 19.1 Å². The molecule has 1 aromatic carbocycles. The second-order valence-corrected chi connectivity index (χ2v) is 4.70. The number of aliphatic hydroxyl groups excluding tert-OH is 1. The molecule has 18 heavy (non-hydrogen) atoms. The minimum absolute atomic E-state index is 0.0313. The largest absolute Gasteiger partial charge is 0.483 e. The molecule has 0 aliphatic carbocycles. The molecule has 0 spiro atoms. The number of nitrogens with one attached hydrogen (secondary N) is 1. The van der Waals surface area contributed by atoms with Gasteiger partial charge >= 0.3 is 0 Å². The van der Waals surface area contributed by atoms with Gasteiger partial charge in [0.1, 0.15) is 5.75 Å². The van der Waals surface area contributed by atoms with Crippen LogP contribution in [0.3, 0.4) is 0 Å². The van der Waals surface area contributed by atoms with E-state index in [0.29, 0.717) is 23.8 Å². The number of rotatable bonds is 6. The number of aliphatic hydroxyl groups is 1. The summed E-state index contributed by atoms with van der Waals surface area (Å²) in [5.74, 6) is 0.815. The molecule has 100 valence electrons. The van der Waals surface area contributed by atoms with Crippen molar-refractivity contribution in [1.29, 1.82) is 0 Å². The summed E-state index contributed by atoms with van der Waals surface area (Å²) >= 11 is 0. The first kappa shape index (κ1) is 14.5. The van der Waals surface area contributed by atoms with Crippen LogP contribution in [-0.2, 0) is 4.79 Å². The van der Waals surface area contributed by atoms with Gasteiger partial charge in [-0.1, -0.05) is 32.0 Å². The highest BCUT2D eigenvalue weighted by Crippen LogP contribution is 2.24. The van der Waals surface area contributed by atoms with Crippen molar-refractivity contribution in [3.05, 3.63) is 29.8 Å². The minimum Gasteiger partial charge on any atom is -0.483 e. The Hall–Kier alpha value is -1.55. The van der Waals surface area contributed by atoms with Gasteiger partial charge in [0, 0.05) is 12.1 Å². The third-order valence-electron chi connectivity index (χ3n) is 2.44. The van der Waals surface area contributed by atoms with Gasteiger partial charge < -0.3 is 15.2 Å². The molecule has 0 aromatic heterocycles. The highest BCUT2D eigenvalue weighted by molar-refractivity contribution is 5.77. The number of carbonyl (C=O) groups excluding carboxylic acids is 1. The molecule has 2 N–H and O–H groups in total. The van der Waals surface area contributed by atoms with Crippen molar-refractivity contribution >= 4 is 5.91 Å². The minimum atomic E-state index is -0.611. The Balaban J connectivity index is 2.50. The van der Waals surface area contributed by atoms with Crippen LogP contribution in [0.4, 0.5) is 0 Å². The van der Waals surface area contributed by atoms with Gasteiger partial charge in [-0.2, -0.15) is 0 Å². The zero-order valence-electron chi connectivity index (χ0n) is 11.1. The van der Waals surface area contributed by atoms with E-state index in [0.717, 1.165) is 0 Å². The Labute approximate surface area is 108 Å². The predicted octanol–water partition coefficient (Wildman–Crippen LogP) is 1.89. The molecule has 4 heteroatoms. The van der Waals surface area contributed by atoms with Gasteiger partial charge in [-0.15, -0.1) is 0 Å². The molecule has 0 bridgehead atoms. The molecule has 0 saturated carbocycles. The zero-order chi connectivity index (χ0) is 13.5. The van der Waals surface area contributed by atoms with Gasteiger partial charge in [0.05, 0.1) is 6.10 Å². The Kier molecular flexibility index (Phi) is 5.65. The summed E-state index contributed by atoms with van der Waals surface area (Å²) in [5, 5.41) is 12.3. The molecule has 0 radical (unpaired) electrons. The van der Waals surface area contributed by atoms with Crippen LogP contribution in [0.1, 0.15) is 32.4 Å². The monoisotopic (exact) mass is 251 g/mol. The molecule has 1 aromatic rings. The maximum atomic E-state index is 11.5. The number of hydrogen-bond acceptors (Lipinski definition) is 3. The second kappa shape index (κ2) is 7.01. The molecule has 0 fully saturated rings. The zero-order valence-corrected chi connectivity index (χ0v) is 11.1. The van der Waals surface area contributed by atoms with Gasteiger partial charge in [0.25, 0.3) is 5.91 Å². The fraction of sp³-hybridized carbons (Fsp3) is 0.500. The van der Waals surface area contributed by atoms with Crippen LogP contribution in [0.2, 0.25) is 0 Å². The van der Waals surface area contributed by atoms with Crippen LogP contribution in [0.25, 0.3) is 0 Å². The first-order valence-electron chi connectivity index (χ1n) is 6.17. The molecular formula is C14H21NO3. The van der Waals surface area contributed by atoms with Crippen LogP contribution in [0.15, 0.2) is 24.3 Å². The first-order valence-corrected chi connectivity index (χ1v) is 6.17. The molecular weight excluding hydrogens is 230 g/mol. The lowest BCUT2D eigenvalue weighted by Gasteiger charge is -2.13. The second-order valence-electron chi connectivity index (χ2n) is 4.70. The number of benzene rings is 1. The topological polar surface area (TPSA) is 58.6 Å². The van der Waals surface area contributed by atoms with E-state index in [2.05, 4.69) is 5.32 Å². The van der Waals surface area contributed by atoms with Gasteiger partial charge in [-0.05, 0) is 18.9 Å². The summed E-state index contributed by atoms with van der Waals surface area (Å²) in [4.78, 5) is 11.5. The van der Waals surface area contributed by atoms with E-state index in [1.165, 1.54) is 0 Å². The number of carbonyl (C=O) groups is 1. The highest BCUT2D eigenvalue weighted by Gasteiger charge is 2.10. The normalized spacial score (nSPS) is 12.3. The van der Waals surface area contributed by atoms with Crippen LogP contribution >= 0.6 is 0 Å². The fourth-order valence-corrected chi connectivity index (χ4v) is 1.47. The lowest BCUT2D eigenvalue weighted by atomic mass is 10.1. The quantitative estimate of drug-likeness (QED) is 0.811. The van der Waals surface area contributed by atoms with E-state index in [-0.39, 0.29) is 12.5 Å². The molecule has 0 saturated heterocycles. The van der Waals surface area contributed by atoms with E-state index in [9.17, 15) is 9.90 Å². The Morgan fingerprint density at radius 2 is 2.00 bits per heavy atom. The Bertz CT molecular complexity index is 388. The Morgan fingerprint density at radius 1 is 1.33 bits per heavy atom. The van der Waals surface area contributed by atoms with Crippen molar-refractivity contribution in [3.63, 3.8) is 0 Å². The molecule has 4 nitrogen and oxygen atoms in total. The third kappa shape index (κ3) is 4.75. The van der Waals surface area contributed by atoms with Crippen LogP contribution in [0.5, 0.6) is 5.75 Å². The van der Waals surface area contributed by atoms with E-state index in [4.69, 9.17) is 4.74 Å². The Morgan fingerprint density at radius 3 is 2.61 bits per heavy atom. The summed E-state index contributed by atoms with van der Waals surface area (Å²) < 4.78 is 5.42. The molecule has 0 aliphatic heterocycles. The average Bonchev–Trinajstić information content (AvgIpc) is 2.34. The molecule has 1 amide bonds. The van der Waals surface area contributed by atoms with E-state index < -0.39 is 6.10 Å². The van der Waals surface area contributed by atoms with Gasteiger partial charge in [0.2, 0.25) is 0 Å². The number of hydrogen-bond donors (Lipinski definition) is 2. The van der Waals surface area contributed by atoms with Gasteiger partial charge in [0.15, 0.2) is 6.61 Å². The summed E-state index contributed by atoms with van der Waals surface area (Å²) in [6.45, 7) is 6.34. The molecule has 1 rings (SSSR count). The molecule has 0 aliphatic rings. The van der Waals surface area contributed by atoms with E-state index >= 15 is 0 Å². The fourth-order valence-electron chi connectivity index (χ4n) is 1.47. The van der Waals surface area contributed by atoms with Gasteiger partial charge in [-0.3, -0.25) is 4.79 Å². The van der Waals surface area contributed by atoms with Crippen molar-refractivity contribution in [2.75, 3.05) is 13.2 Å². The van der Waals surface area contributed by atoms with Crippen LogP contribution in [0, 0.1) is 5.92 Å². The maximum Gasteiger partial charge on any atom is 0.257 e. The van der Waals surface area contributed by atoms with Crippen molar-refractivity contribution in [2.24, 2.45) is 5.92 Å². The van der Waals surface area contributed by atoms with Crippen molar-refractivity contribution in [1.82, 2.24) is 5.32 Å². The lowest BCUT2D eigenvalue weighted by molar-refractivity contribution is -0.123. The summed E-state index contributed by atoms with van der Waals surface area (Å²) in [6.07, 6.45) is -0.611. The number of amides is 1. The van der Waals surface area contributed by atoms with E-state index in [1.807, 2.05) is 26.0 Å². The van der Waals surface area contributed by atoms with Crippen molar-refractivity contribution in [2.45, 2.75) is 26.9 Å². The number of ether oxygens (including phenoxy) is 1. The van der Waals surface area contributed by atoms with Crippen LogP contribution in [-0.4, -0.2) is 24.2 Å². The van der Waals surface area contributed by atoms with Crippen LogP contribution < -0.4 is 10.1 Å². The summed E-state index contributed by atoms with van der Waals surface area (Å²) in [6, 6.07) is 7.17. The lowest BCUT2D eigenvalue weighted by Crippen LogP contribution is -2.31. The smallest absolute Gasteiger partial charge is 0.257 e. The van der Waals surface area contributed by atoms with Crippen molar-refractivity contribution in [3.8, 4) is 5.75 Å². The predicted molar refractivity (Wildman–Crippen MR) is 70.4 cm³/mol. The standard InChI is InChI=1S/C14H21NO3/c1-10(2)8-15-14(17)9-18-13-7-5-4-6-12(13)11(3)16/h4-7,10-11,16H,8-9H2,1-3H3,(H,15,17)/t11-/m1/s1.